The molecule has 1 aliphatic heterocycles. The van der Waals surface area contributed by atoms with E-state index >= 15 is 0 Å². The number of benzene rings is 1. The average Bonchev–Trinajstić information content (AvgIpc) is 2.67. The van der Waals surface area contributed by atoms with Crippen LogP contribution in [0.4, 0.5) is 13.6 Å². The number of para-hydroxylation sites is 1. The van der Waals surface area contributed by atoms with E-state index in [9.17, 15) is 18.4 Å². The maximum atomic E-state index is 12.8. The van der Waals surface area contributed by atoms with Crippen LogP contribution in [-0.4, -0.2) is 64.1 Å². The van der Waals surface area contributed by atoms with Crippen LogP contribution in [0.15, 0.2) is 35.5 Å². The number of carbonyl (C=O) groups is 2. The van der Waals surface area contributed by atoms with Gasteiger partial charge in [0.15, 0.2) is 0 Å². The summed E-state index contributed by atoms with van der Waals surface area (Å²) in [6.07, 6.45) is 0. The van der Waals surface area contributed by atoms with Gasteiger partial charge in [-0.25, -0.2) is 9.59 Å². The van der Waals surface area contributed by atoms with Crippen molar-refractivity contribution in [2.75, 3.05) is 40.6 Å². The van der Waals surface area contributed by atoms with Crippen molar-refractivity contribution in [3.8, 4) is 5.75 Å². The maximum Gasteiger partial charge on any atom is 0.387 e. The van der Waals surface area contributed by atoms with Crippen molar-refractivity contribution in [2.45, 2.75) is 19.6 Å². The SMILES string of the molecule is COCCOC(=O)C1=C(C)N(CCOC)C(=O)NC1c1ccccc1OC(F)F. The number of carbonyl (C=O) groups excluding carboxylic acids is 2. The van der Waals surface area contributed by atoms with Gasteiger partial charge in [-0.1, -0.05) is 18.2 Å². The normalized spacial score (nSPS) is 16.8. The number of rotatable bonds is 10. The zero-order valence-corrected chi connectivity index (χ0v) is 16.4. The molecule has 160 valence electrons. The van der Waals surface area contributed by atoms with Gasteiger partial charge >= 0.3 is 18.6 Å². The number of nitrogens with one attached hydrogen (secondary N) is 1. The summed E-state index contributed by atoms with van der Waals surface area (Å²) >= 11 is 0. The van der Waals surface area contributed by atoms with Gasteiger partial charge in [0.2, 0.25) is 0 Å². The van der Waals surface area contributed by atoms with E-state index in [0.717, 1.165) is 0 Å². The minimum absolute atomic E-state index is 0.0000315. The molecule has 29 heavy (non-hydrogen) atoms. The summed E-state index contributed by atoms with van der Waals surface area (Å²) in [5.74, 6) is -0.841. The van der Waals surface area contributed by atoms with E-state index in [2.05, 4.69) is 10.1 Å². The molecule has 1 atom stereocenters. The largest absolute Gasteiger partial charge is 0.460 e. The first-order chi connectivity index (χ1) is 13.9. The number of hydrogen-bond donors (Lipinski definition) is 1. The zero-order chi connectivity index (χ0) is 21.4. The monoisotopic (exact) mass is 414 g/mol. The summed E-state index contributed by atoms with van der Waals surface area (Å²) in [4.78, 5) is 26.7. The van der Waals surface area contributed by atoms with Gasteiger partial charge in [0, 0.05) is 25.5 Å². The Morgan fingerprint density at radius 1 is 1.17 bits per heavy atom. The van der Waals surface area contributed by atoms with Crippen LogP contribution < -0.4 is 10.1 Å². The van der Waals surface area contributed by atoms with Gasteiger partial charge < -0.3 is 24.3 Å². The van der Waals surface area contributed by atoms with Gasteiger partial charge in [-0.2, -0.15) is 8.78 Å². The highest BCUT2D eigenvalue weighted by Gasteiger charge is 2.37. The number of esters is 1. The van der Waals surface area contributed by atoms with Crippen molar-refractivity contribution in [3.63, 3.8) is 0 Å². The van der Waals surface area contributed by atoms with Crippen molar-refractivity contribution in [1.82, 2.24) is 10.2 Å². The summed E-state index contributed by atoms with van der Waals surface area (Å²) in [5, 5.41) is 2.67. The molecule has 0 aromatic heterocycles. The van der Waals surface area contributed by atoms with E-state index in [-0.39, 0.29) is 43.3 Å². The summed E-state index contributed by atoms with van der Waals surface area (Å²) in [5.41, 5.74) is 0.665. The molecule has 1 aliphatic rings. The predicted octanol–water partition coefficient (Wildman–Crippen LogP) is 2.46. The van der Waals surface area contributed by atoms with E-state index in [0.29, 0.717) is 5.70 Å². The van der Waals surface area contributed by atoms with E-state index in [1.54, 1.807) is 13.0 Å². The Kier molecular flexibility index (Phi) is 8.34. The van der Waals surface area contributed by atoms with Crippen LogP contribution in [0.25, 0.3) is 0 Å². The van der Waals surface area contributed by atoms with Crippen molar-refractivity contribution in [2.24, 2.45) is 0 Å². The number of hydrogen-bond acceptors (Lipinski definition) is 6. The molecule has 1 N–H and O–H groups in total. The van der Waals surface area contributed by atoms with E-state index in [1.807, 2.05) is 0 Å². The second-order valence-corrected chi connectivity index (χ2v) is 6.07. The van der Waals surface area contributed by atoms with Crippen LogP contribution in [0.5, 0.6) is 5.75 Å². The Morgan fingerprint density at radius 3 is 2.52 bits per heavy atom. The molecule has 0 saturated carbocycles. The van der Waals surface area contributed by atoms with Gasteiger partial charge in [-0.3, -0.25) is 4.90 Å². The number of amides is 2. The summed E-state index contributed by atoms with van der Waals surface area (Å²) in [6, 6.07) is 4.44. The molecule has 1 aromatic carbocycles. The molecule has 1 heterocycles. The van der Waals surface area contributed by atoms with Gasteiger partial charge in [0.1, 0.15) is 12.4 Å². The van der Waals surface area contributed by atoms with Crippen molar-refractivity contribution in [3.05, 3.63) is 41.1 Å². The summed E-state index contributed by atoms with van der Waals surface area (Å²) < 4.78 is 45.4. The van der Waals surface area contributed by atoms with Gasteiger partial charge in [-0.05, 0) is 13.0 Å². The molecule has 0 aliphatic carbocycles. The topological polar surface area (TPSA) is 86.3 Å². The van der Waals surface area contributed by atoms with E-state index in [1.165, 1.54) is 37.3 Å². The molecule has 0 spiro atoms. The van der Waals surface area contributed by atoms with Crippen LogP contribution in [-0.2, 0) is 19.0 Å². The Hall–Kier alpha value is -2.72. The maximum absolute atomic E-state index is 12.8. The first kappa shape index (κ1) is 22.6. The summed E-state index contributed by atoms with van der Waals surface area (Å²) in [6.45, 7) is -0.841. The number of urea groups is 1. The Morgan fingerprint density at radius 2 is 1.86 bits per heavy atom. The molecule has 2 rings (SSSR count). The number of nitrogens with zero attached hydrogens (tertiary/aromatic N) is 1. The molecule has 2 amide bonds. The highest BCUT2D eigenvalue weighted by atomic mass is 19.3. The minimum Gasteiger partial charge on any atom is -0.460 e. The second-order valence-electron chi connectivity index (χ2n) is 6.07. The minimum atomic E-state index is -3.06. The molecular formula is C19H24F2N2O6. The standard InChI is InChI=1S/C19H24F2N2O6/c1-12-15(17(24)28-11-10-27-3)16(22-19(25)23(12)8-9-26-2)13-6-4-5-7-14(13)29-18(20)21/h4-7,16,18H,8-11H2,1-3H3,(H,22,25). The lowest BCUT2D eigenvalue weighted by Gasteiger charge is -2.35. The number of methoxy groups -OCH3 is 2. The Bertz CT molecular complexity index is 756. The average molecular weight is 414 g/mol. The van der Waals surface area contributed by atoms with Crippen molar-refractivity contribution >= 4 is 12.0 Å². The fraction of sp³-hybridized carbons (Fsp3) is 0.474. The molecule has 0 bridgehead atoms. The fourth-order valence-corrected chi connectivity index (χ4v) is 2.95. The molecule has 0 fully saturated rings. The lowest BCUT2D eigenvalue weighted by molar-refractivity contribution is -0.140. The van der Waals surface area contributed by atoms with Gasteiger partial charge in [0.25, 0.3) is 0 Å². The van der Waals surface area contributed by atoms with Crippen LogP contribution >= 0.6 is 0 Å². The van der Waals surface area contributed by atoms with Crippen molar-refractivity contribution in [1.29, 1.82) is 0 Å². The predicted molar refractivity (Wildman–Crippen MR) is 98.5 cm³/mol. The number of alkyl halides is 2. The molecule has 1 unspecified atom stereocenters. The zero-order valence-electron chi connectivity index (χ0n) is 16.4. The molecule has 10 heteroatoms. The van der Waals surface area contributed by atoms with Gasteiger partial charge in [-0.15, -0.1) is 0 Å². The van der Waals surface area contributed by atoms with Crippen LogP contribution in [0.1, 0.15) is 18.5 Å². The third-order valence-corrected chi connectivity index (χ3v) is 4.30. The third-order valence-electron chi connectivity index (χ3n) is 4.30. The first-order valence-electron chi connectivity index (χ1n) is 8.88. The smallest absolute Gasteiger partial charge is 0.387 e. The number of halogens is 2. The molecule has 1 aromatic rings. The highest BCUT2D eigenvalue weighted by Crippen LogP contribution is 2.36. The molecule has 0 radical (unpaired) electrons. The third kappa shape index (κ3) is 5.64. The number of ether oxygens (including phenoxy) is 4. The van der Waals surface area contributed by atoms with Crippen LogP contribution in [0.2, 0.25) is 0 Å². The quantitative estimate of drug-likeness (QED) is 0.468. The first-order valence-corrected chi connectivity index (χ1v) is 8.88. The lowest BCUT2D eigenvalue weighted by Crippen LogP contribution is -2.49. The summed E-state index contributed by atoms with van der Waals surface area (Å²) in [7, 11) is 2.95. The van der Waals surface area contributed by atoms with Crippen LogP contribution in [0, 0.1) is 0 Å². The lowest BCUT2D eigenvalue weighted by atomic mass is 9.94. The molecular weight excluding hydrogens is 390 g/mol. The number of allylic oxidation sites excluding steroid dienone is 1. The Labute approximate surface area is 167 Å². The van der Waals surface area contributed by atoms with Crippen molar-refractivity contribution < 1.29 is 37.3 Å². The molecule has 8 nitrogen and oxygen atoms in total. The molecule has 0 saturated heterocycles. The van der Waals surface area contributed by atoms with Crippen LogP contribution in [0.3, 0.4) is 0 Å². The second kappa shape index (κ2) is 10.7. The Balaban J connectivity index is 2.47. The highest BCUT2D eigenvalue weighted by molar-refractivity contribution is 5.95. The fourth-order valence-electron chi connectivity index (χ4n) is 2.95. The van der Waals surface area contributed by atoms with E-state index < -0.39 is 24.7 Å². The van der Waals surface area contributed by atoms with E-state index in [4.69, 9.17) is 14.2 Å². The van der Waals surface area contributed by atoms with Gasteiger partial charge in [0.05, 0.1) is 31.4 Å².